The van der Waals surface area contributed by atoms with Gasteiger partial charge < -0.3 is 5.73 Å². The fourth-order valence-corrected chi connectivity index (χ4v) is 1.13. The van der Waals surface area contributed by atoms with Crippen molar-refractivity contribution in [1.29, 1.82) is 0 Å². The highest BCUT2D eigenvalue weighted by Gasteiger charge is 2.09. The molecule has 2 aromatic rings. The van der Waals surface area contributed by atoms with Crippen LogP contribution in [-0.2, 0) is 0 Å². The summed E-state index contributed by atoms with van der Waals surface area (Å²) >= 11 is 0. The van der Waals surface area contributed by atoms with Crippen molar-refractivity contribution in [2.24, 2.45) is 0 Å². The number of nitro groups is 1. The molecule has 0 spiro atoms. The second-order valence-corrected chi connectivity index (χ2v) is 2.84. The lowest BCUT2D eigenvalue weighted by atomic mass is 10.4. The van der Waals surface area contributed by atoms with E-state index in [9.17, 15) is 10.1 Å². The summed E-state index contributed by atoms with van der Waals surface area (Å²) in [7, 11) is 0. The van der Waals surface area contributed by atoms with Crippen LogP contribution in [0.5, 0.6) is 0 Å². The van der Waals surface area contributed by atoms with Gasteiger partial charge >= 0.3 is 5.69 Å². The quantitative estimate of drug-likeness (QED) is 0.576. The maximum atomic E-state index is 10.4. The lowest BCUT2D eigenvalue weighted by Crippen LogP contribution is -1.97. The van der Waals surface area contributed by atoms with Crippen LogP contribution >= 0.6 is 0 Å². The summed E-state index contributed by atoms with van der Waals surface area (Å²) < 4.78 is 1.37. The zero-order valence-corrected chi connectivity index (χ0v) is 7.57. The molecule has 15 heavy (non-hydrogen) atoms. The molecule has 0 unspecified atom stereocenters. The summed E-state index contributed by atoms with van der Waals surface area (Å²) in [6.45, 7) is 0. The second-order valence-electron chi connectivity index (χ2n) is 2.84. The van der Waals surface area contributed by atoms with Crippen LogP contribution in [0, 0.1) is 10.1 Å². The summed E-state index contributed by atoms with van der Waals surface area (Å²) in [5.41, 5.74) is 6.05. The van der Waals surface area contributed by atoms with Crippen molar-refractivity contribution in [1.82, 2.24) is 14.8 Å². The molecule has 7 heteroatoms. The first-order valence-corrected chi connectivity index (χ1v) is 4.08. The molecule has 0 aromatic carbocycles. The maximum Gasteiger partial charge on any atom is 0.307 e. The highest BCUT2D eigenvalue weighted by Crippen LogP contribution is 2.13. The van der Waals surface area contributed by atoms with Gasteiger partial charge in [0, 0.05) is 12.3 Å². The highest BCUT2D eigenvalue weighted by atomic mass is 16.6. The Bertz CT molecular complexity index is 507. The summed E-state index contributed by atoms with van der Waals surface area (Å²) in [4.78, 5) is 13.7. The Morgan fingerprint density at radius 3 is 2.93 bits per heavy atom. The van der Waals surface area contributed by atoms with Crippen LogP contribution in [0.1, 0.15) is 0 Å². The normalized spacial score (nSPS) is 10.1. The standard InChI is InChI=1S/C8H7N5O2/c9-8-3-6(1-2-10-8)12-5-7(4-11-12)13(14)15/h1-5H,(H2,9,10). The molecule has 0 aliphatic heterocycles. The molecule has 2 aromatic heterocycles. The van der Waals surface area contributed by atoms with Gasteiger partial charge in [0.1, 0.15) is 18.2 Å². The van der Waals surface area contributed by atoms with E-state index >= 15 is 0 Å². The smallest absolute Gasteiger partial charge is 0.307 e. The molecule has 2 rings (SSSR count). The Balaban J connectivity index is 2.41. The molecule has 0 atom stereocenters. The largest absolute Gasteiger partial charge is 0.384 e. The fraction of sp³-hybridized carbons (Fsp3) is 0. The van der Waals surface area contributed by atoms with Crippen LogP contribution in [0.25, 0.3) is 5.69 Å². The van der Waals surface area contributed by atoms with Gasteiger partial charge in [0.2, 0.25) is 0 Å². The van der Waals surface area contributed by atoms with Crippen molar-refractivity contribution in [2.75, 3.05) is 5.73 Å². The summed E-state index contributed by atoms with van der Waals surface area (Å²) in [6.07, 6.45) is 4.00. The van der Waals surface area contributed by atoms with E-state index in [1.807, 2.05) is 0 Å². The molecular weight excluding hydrogens is 198 g/mol. The minimum atomic E-state index is -0.506. The van der Waals surface area contributed by atoms with Crippen molar-refractivity contribution in [3.05, 3.63) is 40.8 Å². The lowest BCUT2D eigenvalue weighted by Gasteiger charge is -1.99. The number of hydrogen-bond donors (Lipinski definition) is 1. The number of aromatic nitrogens is 3. The Morgan fingerprint density at radius 1 is 1.53 bits per heavy atom. The number of anilines is 1. The number of rotatable bonds is 2. The Hall–Kier alpha value is -2.44. The van der Waals surface area contributed by atoms with E-state index in [-0.39, 0.29) is 5.69 Å². The van der Waals surface area contributed by atoms with E-state index in [0.29, 0.717) is 11.5 Å². The molecule has 76 valence electrons. The van der Waals surface area contributed by atoms with Crippen molar-refractivity contribution in [2.45, 2.75) is 0 Å². The molecule has 2 N–H and O–H groups in total. The van der Waals surface area contributed by atoms with E-state index in [0.717, 1.165) is 0 Å². The maximum absolute atomic E-state index is 10.4. The fourth-order valence-electron chi connectivity index (χ4n) is 1.13. The van der Waals surface area contributed by atoms with Gasteiger partial charge in [-0.15, -0.1) is 0 Å². The van der Waals surface area contributed by atoms with Crippen LogP contribution in [0.2, 0.25) is 0 Å². The monoisotopic (exact) mass is 205 g/mol. The number of nitrogens with two attached hydrogens (primary N) is 1. The molecule has 0 amide bonds. The van der Waals surface area contributed by atoms with Gasteiger partial charge in [-0.1, -0.05) is 0 Å². The number of hydrogen-bond acceptors (Lipinski definition) is 5. The van der Waals surface area contributed by atoms with Gasteiger partial charge in [0.25, 0.3) is 0 Å². The first-order valence-electron chi connectivity index (χ1n) is 4.08. The van der Waals surface area contributed by atoms with Gasteiger partial charge in [0.15, 0.2) is 0 Å². The van der Waals surface area contributed by atoms with E-state index in [2.05, 4.69) is 10.1 Å². The highest BCUT2D eigenvalue weighted by molar-refractivity contribution is 5.42. The molecule has 2 heterocycles. The van der Waals surface area contributed by atoms with Crippen LogP contribution < -0.4 is 5.73 Å². The average molecular weight is 205 g/mol. The molecule has 0 aliphatic rings. The van der Waals surface area contributed by atoms with Crippen molar-refractivity contribution in [3.63, 3.8) is 0 Å². The molecule has 7 nitrogen and oxygen atoms in total. The molecule has 0 fully saturated rings. The third-order valence-corrected chi connectivity index (χ3v) is 1.81. The Labute approximate surface area is 84.3 Å². The van der Waals surface area contributed by atoms with E-state index < -0.39 is 4.92 Å². The predicted octanol–water partition coefficient (Wildman–Crippen LogP) is 0.758. The van der Waals surface area contributed by atoms with Gasteiger partial charge in [0.05, 0.1) is 10.6 Å². The van der Waals surface area contributed by atoms with E-state index in [1.165, 1.54) is 23.3 Å². The zero-order chi connectivity index (χ0) is 10.8. The average Bonchev–Trinajstić information content (AvgIpc) is 2.66. The Kier molecular flexibility index (Phi) is 2.05. The third kappa shape index (κ3) is 1.75. The second kappa shape index (κ2) is 3.37. The molecule has 0 radical (unpaired) electrons. The van der Waals surface area contributed by atoms with Crippen LogP contribution in [0.4, 0.5) is 11.5 Å². The minimum Gasteiger partial charge on any atom is -0.384 e. The molecular formula is C8H7N5O2. The topological polar surface area (TPSA) is 99.9 Å². The van der Waals surface area contributed by atoms with Gasteiger partial charge in [-0.2, -0.15) is 5.10 Å². The van der Waals surface area contributed by atoms with Gasteiger partial charge in [-0.3, -0.25) is 10.1 Å². The van der Waals surface area contributed by atoms with Crippen molar-refractivity contribution in [3.8, 4) is 5.69 Å². The minimum absolute atomic E-state index is 0.0645. The van der Waals surface area contributed by atoms with Gasteiger partial charge in [-0.05, 0) is 6.07 Å². The van der Waals surface area contributed by atoms with Crippen LogP contribution in [0.15, 0.2) is 30.7 Å². The molecule has 0 saturated heterocycles. The van der Waals surface area contributed by atoms with Crippen molar-refractivity contribution < 1.29 is 4.92 Å². The molecule has 0 saturated carbocycles. The molecule has 0 aliphatic carbocycles. The SMILES string of the molecule is Nc1cc(-n2cc([N+](=O)[O-])cn2)ccn1. The zero-order valence-electron chi connectivity index (χ0n) is 7.57. The lowest BCUT2D eigenvalue weighted by molar-refractivity contribution is -0.384. The Morgan fingerprint density at radius 2 is 2.33 bits per heavy atom. The first-order chi connectivity index (χ1) is 7.16. The van der Waals surface area contributed by atoms with E-state index in [1.54, 1.807) is 12.1 Å². The van der Waals surface area contributed by atoms with Gasteiger partial charge in [-0.25, -0.2) is 9.67 Å². The van der Waals surface area contributed by atoms with E-state index in [4.69, 9.17) is 5.73 Å². The number of nitrogen functional groups attached to an aromatic ring is 1. The first kappa shape index (κ1) is 9.13. The number of nitrogens with zero attached hydrogens (tertiary/aromatic N) is 4. The van der Waals surface area contributed by atoms with Crippen molar-refractivity contribution >= 4 is 11.5 Å². The van der Waals surface area contributed by atoms with Crippen LogP contribution in [-0.4, -0.2) is 19.7 Å². The van der Waals surface area contributed by atoms with Crippen LogP contribution in [0.3, 0.4) is 0 Å². The third-order valence-electron chi connectivity index (χ3n) is 1.81. The number of pyridine rings is 1. The predicted molar refractivity (Wildman–Crippen MR) is 52.4 cm³/mol. The summed E-state index contributed by atoms with van der Waals surface area (Å²) in [5, 5.41) is 14.3. The molecule has 0 bridgehead atoms. The summed E-state index contributed by atoms with van der Waals surface area (Å²) in [6, 6.07) is 3.24. The summed E-state index contributed by atoms with van der Waals surface area (Å²) in [5.74, 6) is 0.339.